The molecule has 0 unspecified atom stereocenters. The van der Waals surface area contributed by atoms with Crippen molar-refractivity contribution >= 4 is 45.6 Å². The Hall–Kier alpha value is -4.49. The van der Waals surface area contributed by atoms with Crippen LogP contribution in [0, 0.1) is 0 Å². The molecular formula is C27H16ClN5O2. The van der Waals surface area contributed by atoms with Crippen LogP contribution < -0.4 is 5.43 Å². The molecule has 0 N–H and O–H groups in total. The molecule has 168 valence electrons. The second-order valence-electron chi connectivity index (χ2n) is 8.02. The summed E-state index contributed by atoms with van der Waals surface area (Å²) in [6.45, 7) is 0. The number of fused-ring (bicyclic) bond motifs is 2. The number of halogens is 1. The molecule has 0 radical (unpaired) electrons. The molecule has 0 spiro atoms. The fourth-order valence-electron chi connectivity index (χ4n) is 4.03. The van der Waals surface area contributed by atoms with Gasteiger partial charge in [0.15, 0.2) is 5.43 Å². The van der Waals surface area contributed by atoms with Gasteiger partial charge in [0.05, 0.1) is 16.6 Å². The van der Waals surface area contributed by atoms with Gasteiger partial charge in [-0.05, 0) is 52.4 Å². The third kappa shape index (κ3) is 4.13. The van der Waals surface area contributed by atoms with E-state index in [0.29, 0.717) is 27.3 Å². The number of rotatable bonds is 4. The van der Waals surface area contributed by atoms with Crippen LogP contribution in [0.1, 0.15) is 23.0 Å². The van der Waals surface area contributed by atoms with Crippen LogP contribution in [0.2, 0.25) is 5.02 Å². The molecule has 0 saturated carbocycles. The second kappa shape index (κ2) is 8.70. The Morgan fingerprint density at radius 2 is 1.71 bits per heavy atom. The number of aromatic nitrogens is 1. The van der Waals surface area contributed by atoms with Crippen molar-refractivity contribution in [3.63, 3.8) is 0 Å². The van der Waals surface area contributed by atoms with Gasteiger partial charge in [-0.2, -0.15) is 0 Å². The smallest absolute Gasteiger partial charge is 0.214 e. The molecule has 0 fully saturated rings. The number of pyridine rings is 1. The molecule has 0 aliphatic carbocycles. The van der Waals surface area contributed by atoms with Crippen LogP contribution in [0.3, 0.4) is 0 Å². The number of benzene rings is 3. The maximum atomic E-state index is 12.9. The summed E-state index contributed by atoms with van der Waals surface area (Å²) in [5.74, 6) is 0.428. The lowest BCUT2D eigenvalue weighted by Crippen LogP contribution is -2.03. The summed E-state index contributed by atoms with van der Waals surface area (Å²) in [6.07, 6.45) is 3.24. The number of nitrogens with zero attached hydrogens (tertiary/aromatic N) is 5. The van der Waals surface area contributed by atoms with Gasteiger partial charge in [0.25, 0.3) is 0 Å². The van der Waals surface area contributed by atoms with Crippen molar-refractivity contribution in [1.29, 1.82) is 0 Å². The molecule has 1 aliphatic heterocycles. The van der Waals surface area contributed by atoms with E-state index in [1.165, 1.54) is 6.07 Å². The van der Waals surface area contributed by atoms with Crippen LogP contribution in [-0.2, 0) is 0 Å². The van der Waals surface area contributed by atoms with Crippen LogP contribution in [0.4, 0.5) is 0 Å². The summed E-state index contributed by atoms with van der Waals surface area (Å²) in [4.78, 5) is 17.6. The van der Waals surface area contributed by atoms with E-state index in [4.69, 9.17) is 16.0 Å². The summed E-state index contributed by atoms with van der Waals surface area (Å²) in [5, 5.41) is 16.9. The molecule has 2 aromatic heterocycles. The lowest BCUT2D eigenvalue weighted by atomic mass is 10.0. The van der Waals surface area contributed by atoms with Gasteiger partial charge < -0.3 is 4.42 Å². The molecule has 8 heteroatoms. The molecule has 3 aromatic carbocycles. The molecule has 0 saturated heterocycles. The van der Waals surface area contributed by atoms with Crippen molar-refractivity contribution < 1.29 is 4.42 Å². The Balaban J connectivity index is 1.39. The second-order valence-corrected chi connectivity index (χ2v) is 8.45. The lowest BCUT2D eigenvalue weighted by molar-refractivity contribution is 0.605. The molecule has 5 aromatic rings. The summed E-state index contributed by atoms with van der Waals surface area (Å²) >= 11 is 6.23. The molecule has 35 heavy (non-hydrogen) atoms. The molecule has 0 atom stereocenters. The minimum absolute atomic E-state index is 0.210. The predicted molar refractivity (Wildman–Crippen MR) is 136 cm³/mol. The summed E-state index contributed by atoms with van der Waals surface area (Å²) in [6, 6.07) is 24.5. The first-order chi connectivity index (χ1) is 17.1. The highest BCUT2D eigenvalue weighted by atomic mass is 35.5. The highest BCUT2D eigenvalue weighted by Crippen LogP contribution is 2.34. The molecular weight excluding hydrogens is 462 g/mol. The zero-order chi connectivity index (χ0) is 23.8. The summed E-state index contributed by atoms with van der Waals surface area (Å²) < 4.78 is 6.19. The third-order valence-corrected chi connectivity index (χ3v) is 5.92. The van der Waals surface area contributed by atoms with Gasteiger partial charge in [-0.15, -0.1) is 10.2 Å². The maximum absolute atomic E-state index is 12.9. The zero-order valence-corrected chi connectivity index (χ0v) is 18.9. The van der Waals surface area contributed by atoms with Gasteiger partial charge in [0.1, 0.15) is 11.3 Å². The topological polar surface area (TPSA) is 92.5 Å². The zero-order valence-electron chi connectivity index (χ0n) is 18.2. The van der Waals surface area contributed by atoms with Gasteiger partial charge in [0.2, 0.25) is 6.17 Å². The number of hydrogen-bond acceptors (Lipinski definition) is 7. The fraction of sp³-hybridized carbons (Fsp3) is 0.0370. The van der Waals surface area contributed by atoms with Crippen molar-refractivity contribution in [3.05, 3.63) is 111 Å². The summed E-state index contributed by atoms with van der Waals surface area (Å²) in [7, 11) is 0. The molecule has 3 heterocycles. The standard InChI is InChI=1S/C27H16ClN5O2/c28-19-13-21-24(34)15-25(35-26(21)22(14-19)27-30-32-33-31-27)18-6-3-4-16(12-18)8-10-20-11-9-17-5-1-2-7-23(17)29-20/h1-15,27H/b10-8+. The van der Waals surface area contributed by atoms with Crippen molar-refractivity contribution in [2.75, 3.05) is 0 Å². The van der Waals surface area contributed by atoms with Crippen molar-refractivity contribution in [2.24, 2.45) is 20.7 Å². The Morgan fingerprint density at radius 1 is 0.857 bits per heavy atom. The third-order valence-electron chi connectivity index (χ3n) is 5.70. The van der Waals surface area contributed by atoms with E-state index in [0.717, 1.165) is 27.7 Å². The van der Waals surface area contributed by atoms with E-state index < -0.39 is 6.17 Å². The van der Waals surface area contributed by atoms with E-state index in [1.807, 2.05) is 66.7 Å². The van der Waals surface area contributed by atoms with Gasteiger partial charge in [0, 0.05) is 27.6 Å². The Labute approximate surface area is 204 Å². The van der Waals surface area contributed by atoms with Gasteiger partial charge in [-0.25, -0.2) is 4.98 Å². The largest absolute Gasteiger partial charge is 0.455 e. The van der Waals surface area contributed by atoms with Crippen LogP contribution in [0.15, 0.2) is 109 Å². The molecule has 7 nitrogen and oxygen atoms in total. The average Bonchev–Trinajstić information content (AvgIpc) is 3.42. The minimum atomic E-state index is -0.696. The van der Waals surface area contributed by atoms with E-state index in [9.17, 15) is 4.79 Å². The Bertz CT molecular complexity index is 1740. The molecule has 1 aliphatic rings. The number of hydrogen-bond donors (Lipinski definition) is 0. The predicted octanol–water partition coefficient (Wildman–Crippen LogP) is 7.66. The first-order valence-corrected chi connectivity index (χ1v) is 11.2. The minimum Gasteiger partial charge on any atom is -0.455 e. The van der Waals surface area contributed by atoms with Crippen LogP contribution >= 0.6 is 11.6 Å². The SMILES string of the molecule is O=c1cc(-c2cccc(/C=C/c3ccc4ccccc4n3)c2)oc2c(C3N=NN=N3)cc(Cl)cc12. The monoisotopic (exact) mass is 477 g/mol. The van der Waals surface area contributed by atoms with Crippen molar-refractivity contribution in [3.8, 4) is 11.3 Å². The van der Waals surface area contributed by atoms with E-state index in [2.05, 4.69) is 31.7 Å². The van der Waals surface area contributed by atoms with Crippen LogP contribution in [0.25, 0.3) is 45.3 Å². The molecule has 0 bridgehead atoms. The highest BCUT2D eigenvalue weighted by Gasteiger charge is 2.21. The van der Waals surface area contributed by atoms with Crippen molar-refractivity contribution in [1.82, 2.24) is 4.98 Å². The first kappa shape index (κ1) is 21.1. The van der Waals surface area contributed by atoms with Crippen LogP contribution in [0.5, 0.6) is 0 Å². The molecule has 0 amide bonds. The molecule has 6 rings (SSSR count). The van der Waals surface area contributed by atoms with Gasteiger partial charge in [-0.3, -0.25) is 4.79 Å². The van der Waals surface area contributed by atoms with E-state index in [1.54, 1.807) is 12.1 Å². The summed E-state index contributed by atoms with van der Waals surface area (Å²) in [5.41, 5.74) is 4.19. The lowest BCUT2D eigenvalue weighted by Gasteiger charge is -2.09. The van der Waals surface area contributed by atoms with Crippen molar-refractivity contribution in [2.45, 2.75) is 6.17 Å². The Kier molecular flexibility index (Phi) is 5.24. The maximum Gasteiger partial charge on any atom is 0.214 e. The van der Waals surface area contributed by atoms with Gasteiger partial charge in [-0.1, -0.05) is 60.1 Å². The highest BCUT2D eigenvalue weighted by molar-refractivity contribution is 6.31. The fourth-order valence-corrected chi connectivity index (χ4v) is 4.25. The quantitative estimate of drug-likeness (QED) is 0.266. The van der Waals surface area contributed by atoms with Gasteiger partial charge >= 0.3 is 0 Å². The van der Waals surface area contributed by atoms with E-state index >= 15 is 0 Å². The normalized spacial score (nSPS) is 13.5. The number of para-hydroxylation sites is 1. The van der Waals surface area contributed by atoms with E-state index in [-0.39, 0.29) is 5.43 Å². The average molecular weight is 478 g/mol. The Morgan fingerprint density at radius 3 is 2.60 bits per heavy atom. The van der Waals surface area contributed by atoms with Crippen LogP contribution in [-0.4, -0.2) is 4.98 Å². The first-order valence-electron chi connectivity index (χ1n) is 10.9.